The van der Waals surface area contributed by atoms with Gasteiger partial charge in [0.05, 0.1) is 6.42 Å². The van der Waals surface area contributed by atoms with Gasteiger partial charge in [0.2, 0.25) is 11.1 Å². The zero-order chi connectivity index (χ0) is 23.4. The molecule has 5 nitrogen and oxygen atoms in total. The Hall–Kier alpha value is -2.11. The summed E-state index contributed by atoms with van der Waals surface area (Å²) < 4.78 is 0. The van der Waals surface area contributed by atoms with E-state index in [9.17, 15) is 9.59 Å². The quantitative estimate of drug-likeness (QED) is 0.595. The van der Waals surface area contributed by atoms with Crippen LogP contribution in [-0.2, 0) is 9.59 Å². The van der Waals surface area contributed by atoms with E-state index in [4.69, 9.17) is 17.3 Å². The zero-order valence-corrected chi connectivity index (χ0v) is 20.5. The molecule has 1 saturated heterocycles. The summed E-state index contributed by atoms with van der Waals surface area (Å²) in [7, 11) is 0. The van der Waals surface area contributed by atoms with Gasteiger partial charge < -0.3 is 16.0 Å². The maximum absolute atomic E-state index is 13.3. The predicted octanol–water partition coefficient (Wildman–Crippen LogP) is 4.39. The first-order valence-corrected chi connectivity index (χ1v) is 12.0. The molecule has 0 radical (unpaired) electrons. The van der Waals surface area contributed by atoms with Crippen molar-refractivity contribution in [3.05, 3.63) is 52.2 Å². The van der Waals surface area contributed by atoms with E-state index in [-0.39, 0.29) is 23.1 Å². The summed E-state index contributed by atoms with van der Waals surface area (Å²) in [6.45, 7) is 10.2. The van der Waals surface area contributed by atoms with Crippen molar-refractivity contribution < 1.29 is 9.59 Å². The summed E-state index contributed by atoms with van der Waals surface area (Å²) in [6.07, 6.45) is 2.54. The van der Waals surface area contributed by atoms with Crippen molar-refractivity contribution in [1.29, 1.82) is 0 Å². The molecule has 0 spiro atoms. The number of likely N-dealkylation sites (tertiary alicyclic amines) is 1. The normalized spacial score (nSPS) is 20.1. The van der Waals surface area contributed by atoms with Crippen LogP contribution < -0.4 is 11.1 Å². The van der Waals surface area contributed by atoms with Crippen molar-refractivity contribution in [2.45, 2.75) is 59.4 Å². The van der Waals surface area contributed by atoms with Crippen LogP contribution in [0.5, 0.6) is 0 Å². The number of hydrogen-bond acceptors (Lipinski definition) is 4. The van der Waals surface area contributed by atoms with Crippen LogP contribution in [-0.4, -0.2) is 41.7 Å². The molecule has 3 N–H and O–H groups in total. The average Bonchev–Trinajstić information content (AvgIpc) is 2.75. The number of nitrogens with two attached hydrogens (primary N) is 1. The lowest BCUT2D eigenvalue weighted by atomic mass is 9.82. The SMILES string of the molecule is Cc1ccc(C2=C(CC(=O)N3CCC(C(=O)Cl)CC3)C(C)NC(CC(C)C)=C2CN)cc1. The Morgan fingerprint density at radius 1 is 1.19 bits per heavy atom. The molecule has 0 bridgehead atoms. The minimum Gasteiger partial charge on any atom is -0.382 e. The average molecular weight is 458 g/mol. The van der Waals surface area contributed by atoms with Crippen LogP contribution in [0.4, 0.5) is 0 Å². The van der Waals surface area contributed by atoms with Crippen LogP contribution >= 0.6 is 11.6 Å². The number of nitrogens with zero attached hydrogens (tertiary/aromatic N) is 1. The zero-order valence-electron chi connectivity index (χ0n) is 19.7. The summed E-state index contributed by atoms with van der Waals surface area (Å²) >= 11 is 5.66. The molecular weight excluding hydrogens is 422 g/mol. The second-order valence-corrected chi connectivity index (χ2v) is 9.90. The number of amides is 1. The van der Waals surface area contributed by atoms with Gasteiger partial charge in [-0.05, 0) is 72.9 Å². The van der Waals surface area contributed by atoms with Crippen LogP contribution in [0.2, 0.25) is 0 Å². The Labute approximate surface area is 197 Å². The Morgan fingerprint density at radius 3 is 2.34 bits per heavy atom. The monoisotopic (exact) mass is 457 g/mol. The molecule has 174 valence electrons. The topological polar surface area (TPSA) is 75.4 Å². The maximum Gasteiger partial charge on any atom is 0.226 e. The molecular formula is C26H36ClN3O2. The highest BCUT2D eigenvalue weighted by molar-refractivity contribution is 6.64. The van der Waals surface area contributed by atoms with Crippen molar-refractivity contribution in [3.63, 3.8) is 0 Å². The number of benzene rings is 1. The Bertz CT molecular complexity index is 910. The van der Waals surface area contributed by atoms with Crippen molar-refractivity contribution in [2.24, 2.45) is 17.6 Å². The fourth-order valence-corrected chi connectivity index (χ4v) is 4.98. The second-order valence-electron chi connectivity index (χ2n) is 9.53. The summed E-state index contributed by atoms with van der Waals surface area (Å²) in [6, 6.07) is 8.53. The molecule has 0 aliphatic carbocycles. The highest BCUT2D eigenvalue weighted by Crippen LogP contribution is 2.37. The van der Waals surface area contributed by atoms with Crippen LogP contribution in [0.15, 0.2) is 41.1 Å². The molecule has 1 aromatic rings. The molecule has 6 heteroatoms. The van der Waals surface area contributed by atoms with Gasteiger partial charge in [0.25, 0.3) is 0 Å². The first kappa shape index (κ1) is 24.5. The third-order valence-corrected chi connectivity index (χ3v) is 6.88. The van der Waals surface area contributed by atoms with E-state index < -0.39 is 0 Å². The molecule has 1 fully saturated rings. The van der Waals surface area contributed by atoms with Crippen LogP contribution in [0.25, 0.3) is 5.57 Å². The van der Waals surface area contributed by atoms with Crippen molar-refractivity contribution in [1.82, 2.24) is 10.2 Å². The summed E-state index contributed by atoms with van der Waals surface area (Å²) in [5.74, 6) is 0.464. The summed E-state index contributed by atoms with van der Waals surface area (Å²) in [5, 5.41) is 3.36. The molecule has 1 unspecified atom stereocenters. The van der Waals surface area contributed by atoms with Gasteiger partial charge in [0.1, 0.15) is 0 Å². The molecule has 0 saturated carbocycles. The third kappa shape index (κ3) is 5.62. The summed E-state index contributed by atoms with van der Waals surface area (Å²) in [5.41, 5.74) is 13.1. The lowest BCUT2D eigenvalue weighted by molar-refractivity contribution is -0.133. The lowest BCUT2D eigenvalue weighted by Crippen LogP contribution is -2.42. The molecule has 32 heavy (non-hydrogen) atoms. The fraction of sp³-hybridized carbons (Fsp3) is 0.538. The number of carbonyl (C=O) groups is 2. The number of allylic oxidation sites excluding steroid dienone is 1. The molecule has 2 aliphatic rings. The molecule has 1 amide bonds. The van der Waals surface area contributed by atoms with E-state index in [1.54, 1.807) is 0 Å². The molecule has 1 aromatic carbocycles. The molecule has 2 heterocycles. The first-order valence-electron chi connectivity index (χ1n) is 11.7. The van der Waals surface area contributed by atoms with Gasteiger partial charge in [-0.15, -0.1) is 0 Å². The second kappa shape index (κ2) is 10.7. The fourth-order valence-electron chi connectivity index (χ4n) is 4.76. The Kier molecular flexibility index (Phi) is 8.18. The van der Waals surface area contributed by atoms with Crippen LogP contribution in [0.1, 0.15) is 57.6 Å². The standard InChI is InChI=1S/C26H36ClN3O2/c1-16(2)13-23-22(15-28)25(19-7-5-17(3)6-8-19)21(18(4)29-23)14-24(31)30-11-9-20(10-12-30)26(27)32/h5-8,16,18,20,29H,9-15,28H2,1-4H3. The van der Waals surface area contributed by atoms with Crippen molar-refractivity contribution in [3.8, 4) is 0 Å². The summed E-state index contributed by atoms with van der Waals surface area (Å²) in [4.78, 5) is 26.6. The number of nitrogens with one attached hydrogen (secondary N) is 1. The molecule has 2 aliphatic heterocycles. The lowest BCUT2D eigenvalue weighted by Gasteiger charge is -2.35. The Balaban J connectivity index is 1.96. The number of carbonyl (C=O) groups excluding carboxylic acids is 2. The first-order chi connectivity index (χ1) is 15.2. The van der Waals surface area contributed by atoms with Gasteiger partial charge in [-0.1, -0.05) is 43.7 Å². The van der Waals surface area contributed by atoms with E-state index >= 15 is 0 Å². The third-order valence-electron chi connectivity index (χ3n) is 6.57. The predicted molar refractivity (Wildman–Crippen MR) is 131 cm³/mol. The molecule has 1 atom stereocenters. The Morgan fingerprint density at radius 2 is 1.81 bits per heavy atom. The van der Waals surface area contributed by atoms with Gasteiger partial charge in [0.15, 0.2) is 0 Å². The number of rotatable bonds is 7. The van der Waals surface area contributed by atoms with E-state index in [2.05, 4.69) is 57.3 Å². The number of hydrogen-bond donors (Lipinski definition) is 2. The van der Waals surface area contributed by atoms with Crippen molar-refractivity contribution >= 4 is 28.3 Å². The van der Waals surface area contributed by atoms with E-state index in [1.807, 2.05) is 4.90 Å². The van der Waals surface area contributed by atoms with Gasteiger partial charge >= 0.3 is 0 Å². The van der Waals surface area contributed by atoms with Gasteiger partial charge in [-0.2, -0.15) is 0 Å². The van der Waals surface area contributed by atoms with E-state index in [0.717, 1.165) is 28.7 Å². The highest BCUT2D eigenvalue weighted by Gasteiger charge is 2.31. The highest BCUT2D eigenvalue weighted by atomic mass is 35.5. The molecule has 0 aromatic heterocycles. The van der Waals surface area contributed by atoms with Gasteiger partial charge in [0, 0.05) is 37.3 Å². The number of aryl methyl sites for hydroxylation is 1. The smallest absolute Gasteiger partial charge is 0.226 e. The number of piperidine rings is 1. The number of dihydropyridines is 1. The van der Waals surface area contributed by atoms with Crippen molar-refractivity contribution in [2.75, 3.05) is 19.6 Å². The minimum absolute atomic E-state index is 0.0428. The minimum atomic E-state index is -0.290. The van der Waals surface area contributed by atoms with Crippen LogP contribution in [0.3, 0.4) is 0 Å². The van der Waals surface area contributed by atoms with Crippen LogP contribution in [0, 0.1) is 18.8 Å². The van der Waals surface area contributed by atoms with Gasteiger partial charge in [-0.25, -0.2) is 0 Å². The van der Waals surface area contributed by atoms with Gasteiger partial charge in [-0.3, -0.25) is 9.59 Å². The van der Waals surface area contributed by atoms with E-state index in [1.165, 1.54) is 11.3 Å². The maximum atomic E-state index is 13.3. The largest absolute Gasteiger partial charge is 0.382 e. The van der Waals surface area contributed by atoms with E-state index in [0.29, 0.717) is 44.8 Å². The number of halogens is 1. The molecule has 3 rings (SSSR count).